The number of benzene rings is 1. The molecule has 0 bridgehead atoms. The van der Waals surface area contributed by atoms with Crippen LogP contribution in [0.2, 0.25) is 0 Å². The fourth-order valence-electron chi connectivity index (χ4n) is 4.67. The number of ether oxygens (including phenoxy) is 1. The summed E-state index contributed by atoms with van der Waals surface area (Å²) in [6.45, 7) is 5.48. The number of piperidine rings is 1. The zero-order chi connectivity index (χ0) is 22.2. The Morgan fingerprint density at radius 2 is 1.81 bits per heavy atom. The summed E-state index contributed by atoms with van der Waals surface area (Å²) in [5.74, 6) is -0.113. The minimum Gasteiger partial charge on any atom is -0.479 e. The van der Waals surface area contributed by atoms with E-state index in [0.717, 1.165) is 45.2 Å². The number of nitrogens with zero attached hydrogens (tertiary/aromatic N) is 2. The van der Waals surface area contributed by atoms with Gasteiger partial charge in [-0.1, -0.05) is 12.8 Å². The van der Waals surface area contributed by atoms with Gasteiger partial charge in [-0.3, -0.25) is 9.59 Å². The third-order valence-corrected chi connectivity index (χ3v) is 8.48. The molecule has 1 N–H and O–H groups in total. The summed E-state index contributed by atoms with van der Waals surface area (Å²) in [6, 6.07) is 3.13. The predicted molar refractivity (Wildman–Crippen MR) is 116 cm³/mol. The molecular weight excluding hydrogens is 418 g/mol. The van der Waals surface area contributed by atoms with Gasteiger partial charge in [-0.05, 0) is 51.2 Å². The number of sulfonamides is 1. The molecule has 0 aliphatic carbocycles. The molecule has 2 fully saturated rings. The van der Waals surface area contributed by atoms with Crippen molar-refractivity contribution < 1.29 is 22.7 Å². The van der Waals surface area contributed by atoms with Crippen LogP contribution in [-0.4, -0.2) is 61.7 Å². The van der Waals surface area contributed by atoms with E-state index in [9.17, 15) is 18.0 Å². The van der Waals surface area contributed by atoms with E-state index >= 15 is 0 Å². The van der Waals surface area contributed by atoms with Crippen molar-refractivity contribution in [3.05, 3.63) is 17.7 Å². The Morgan fingerprint density at radius 1 is 1.10 bits per heavy atom. The Bertz CT molecular complexity index is 970. The lowest BCUT2D eigenvalue weighted by atomic mass is 9.98. The first kappa shape index (κ1) is 22.1. The van der Waals surface area contributed by atoms with Crippen LogP contribution in [0.15, 0.2) is 17.0 Å². The van der Waals surface area contributed by atoms with E-state index in [0.29, 0.717) is 30.0 Å². The van der Waals surface area contributed by atoms with E-state index in [-0.39, 0.29) is 29.2 Å². The average Bonchev–Trinajstić information content (AvgIpc) is 3.03. The van der Waals surface area contributed by atoms with Gasteiger partial charge in [0, 0.05) is 32.2 Å². The lowest BCUT2D eigenvalue weighted by Gasteiger charge is -2.34. The molecule has 1 aromatic rings. The maximum absolute atomic E-state index is 13.5. The van der Waals surface area contributed by atoms with Crippen molar-refractivity contribution in [2.75, 3.05) is 31.5 Å². The normalized spacial score (nSPS) is 25.2. The van der Waals surface area contributed by atoms with Crippen molar-refractivity contribution in [1.29, 1.82) is 0 Å². The molecule has 0 radical (unpaired) electrons. The molecule has 9 heteroatoms. The molecule has 3 aliphatic rings. The minimum atomic E-state index is -3.79. The summed E-state index contributed by atoms with van der Waals surface area (Å²) >= 11 is 0. The number of fused-ring (bicyclic) bond motifs is 1. The first-order chi connectivity index (χ1) is 14.8. The van der Waals surface area contributed by atoms with Crippen LogP contribution in [0.1, 0.15) is 51.0 Å². The minimum absolute atomic E-state index is 0.0869. The SMILES string of the molecule is Cc1cc2c(cc1S(=O)(=O)N1CCC[C@H](C(=O)N3CCCCCC3)C1)O[C@@H](C)C(=O)N2. The molecule has 0 unspecified atom stereocenters. The summed E-state index contributed by atoms with van der Waals surface area (Å²) in [4.78, 5) is 27.0. The van der Waals surface area contributed by atoms with Crippen LogP contribution in [0, 0.1) is 12.8 Å². The molecule has 4 rings (SSSR count). The van der Waals surface area contributed by atoms with Crippen molar-refractivity contribution in [2.45, 2.75) is 63.4 Å². The molecule has 8 nitrogen and oxygen atoms in total. The Morgan fingerprint density at radius 3 is 2.52 bits per heavy atom. The summed E-state index contributed by atoms with van der Waals surface area (Å²) in [6.07, 6.45) is 5.03. The first-order valence-corrected chi connectivity index (χ1v) is 12.6. The van der Waals surface area contributed by atoms with E-state index in [4.69, 9.17) is 4.74 Å². The summed E-state index contributed by atoms with van der Waals surface area (Å²) < 4.78 is 34.1. The van der Waals surface area contributed by atoms with E-state index in [1.807, 2.05) is 4.90 Å². The van der Waals surface area contributed by atoms with Crippen molar-refractivity contribution in [2.24, 2.45) is 5.92 Å². The molecule has 2 amide bonds. The second kappa shape index (κ2) is 8.78. The maximum atomic E-state index is 13.5. The topological polar surface area (TPSA) is 96.0 Å². The predicted octanol–water partition coefficient (Wildman–Crippen LogP) is 2.52. The number of carbonyl (C=O) groups excluding carboxylic acids is 2. The van der Waals surface area contributed by atoms with Gasteiger partial charge < -0.3 is 15.0 Å². The highest BCUT2D eigenvalue weighted by atomic mass is 32.2. The summed E-state index contributed by atoms with van der Waals surface area (Å²) in [5, 5.41) is 2.75. The van der Waals surface area contributed by atoms with Crippen LogP contribution < -0.4 is 10.1 Å². The molecular formula is C22H31N3O5S. The van der Waals surface area contributed by atoms with Crippen LogP contribution >= 0.6 is 0 Å². The number of aryl methyl sites for hydroxylation is 1. The van der Waals surface area contributed by atoms with E-state index in [1.54, 1.807) is 19.9 Å². The van der Waals surface area contributed by atoms with Gasteiger partial charge in [0.15, 0.2) is 6.10 Å². The van der Waals surface area contributed by atoms with Gasteiger partial charge >= 0.3 is 0 Å². The highest BCUT2D eigenvalue weighted by Gasteiger charge is 2.37. The number of nitrogens with one attached hydrogen (secondary N) is 1. The monoisotopic (exact) mass is 449 g/mol. The molecule has 0 aromatic heterocycles. The molecule has 2 atom stereocenters. The molecule has 0 spiro atoms. The van der Waals surface area contributed by atoms with Gasteiger partial charge in [0.1, 0.15) is 5.75 Å². The smallest absolute Gasteiger partial charge is 0.265 e. The number of hydrogen-bond donors (Lipinski definition) is 1. The third kappa shape index (κ3) is 4.43. The Balaban J connectivity index is 1.55. The number of anilines is 1. The van der Waals surface area contributed by atoms with Crippen LogP contribution in [0.4, 0.5) is 5.69 Å². The zero-order valence-electron chi connectivity index (χ0n) is 18.2. The lowest BCUT2D eigenvalue weighted by Crippen LogP contribution is -2.47. The largest absolute Gasteiger partial charge is 0.479 e. The number of likely N-dealkylation sites (tertiary alicyclic amines) is 1. The van der Waals surface area contributed by atoms with Crippen LogP contribution in [0.25, 0.3) is 0 Å². The Kier molecular flexibility index (Phi) is 6.25. The Labute approximate surface area is 184 Å². The molecule has 0 saturated carbocycles. The van der Waals surface area contributed by atoms with Gasteiger partial charge in [0.25, 0.3) is 5.91 Å². The van der Waals surface area contributed by atoms with Crippen molar-refractivity contribution in [3.8, 4) is 5.75 Å². The molecule has 3 heterocycles. The highest BCUT2D eigenvalue weighted by Crippen LogP contribution is 2.36. The summed E-state index contributed by atoms with van der Waals surface area (Å²) in [5.41, 5.74) is 1.02. The van der Waals surface area contributed by atoms with E-state index < -0.39 is 16.1 Å². The number of rotatable bonds is 3. The average molecular weight is 450 g/mol. The van der Waals surface area contributed by atoms with Gasteiger partial charge in [0.05, 0.1) is 16.5 Å². The second-order valence-corrected chi connectivity index (χ2v) is 10.7. The molecule has 31 heavy (non-hydrogen) atoms. The van der Waals surface area contributed by atoms with Crippen LogP contribution in [0.3, 0.4) is 0 Å². The van der Waals surface area contributed by atoms with Crippen molar-refractivity contribution in [1.82, 2.24) is 9.21 Å². The van der Waals surface area contributed by atoms with E-state index in [2.05, 4.69) is 5.32 Å². The maximum Gasteiger partial charge on any atom is 0.265 e. The Hall–Kier alpha value is -2.13. The fraction of sp³-hybridized carbons (Fsp3) is 0.636. The molecule has 2 saturated heterocycles. The van der Waals surface area contributed by atoms with E-state index in [1.165, 1.54) is 10.4 Å². The number of carbonyl (C=O) groups is 2. The van der Waals surface area contributed by atoms with Crippen molar-refractivity contribution in [3.63, 3.8) is 0 Å². The molecule has 1 aromatic carbocycles. The van der Waals surface area contributed by atoms with Gasteiger partial charge in [-0.15, -0.1) is 0 Å². The quantitative estimate of drug-likeness (QED) is 0.765. The molecule has 170 valence electrons. The number of amides is 2. The third-order valence-electron chi connectivity index (χ3n) is 6.48. The van der Waals surface area contributed by atoms with Gasteiger partial charge in [0.2, 0.25) is 15.9 Å². The molecule has 3 aliphatic heterocycles. The fourth-order valence-corrected chi connectivity index (χ4v) is 6.42. The van der Waals surface area contributed by atoms with Gasteiger partial charge in [-0.2, -0.15) is 4.31 Å². The van der Waals surface area contributed by atoms with Gasteiger partial charge in [-0.25, -0.2) is 8.42 Å². The highest BCUT2D eigenvalue weighted by molar-refractivity contribution is 7.89. The standard InChI is InChI=1S/C22H31N3O5S/c1-15-12-18-19(30-16(2)21(26)23-18)13-20(15)31(28,29)25-11-7-8-17(14-25)22(27)24-9-5-3-4-6-10-24/h12-13,16-17H,3-11,14H2,1-2H3,(H,23,26)/t16-,17-/m0/s1. The second-order valence-electron chi connectivity index (χ2n) is 8.80. The number of hydrogen-bond acceptors (Lipinski definition) is 5. The van der Waals surface area contributed by atoms with Crippen molar-refractivity contribution >= 4 is 27.5 Å². The zero-order valence-corrected chi connectivity index (χ0v) is 19.0. The lowest BCUT2D eigenvalue weighted by molar-refractivity contribution is -0.136. The summed E-state index contributed by atoms with van der Waals surface area (Å²) in [7, 11) is -3.79. The van der Waals surface area contributed by atoms with Crippen LogP contribution in [-0.2, 0) is 19.6 Å². The first-order valence-electron chi connectivity index (χ1n) is 11.2. The van der Waals surface area contributed by atoms with Crippen LogP contribution in [0.5, 0.6) is 5.75 Å².